The molecule has 204 valence electrons. The maximum absolute atomic E-state index is 13.0. The number of nitrogens with zero attached hydrogens (tertiary/aromatic N) is 6. The van der Waals surface area contributed by atoms with Crippen LogP contribution in [0.1, 0.15) is 20.8 Å². The van der Waals surface area contributed by atoms with Crippen LogP contribution in [0.25, 0.3) is 33.4 Å². The van der Waals surface area contributed by atoms with Crippen molar-refractivity contribution in [3.63, 3.8) is 0 Å². The largest absolute Gasteiger partial charge is 0.457 e. The molecule has 41 heavy (non-hydrogen) atoms. The molecule has 2 aromatic carbocycles. The average molecular weight is 546 g/mol. The van der Waals surface area contributed by atoms with Crippen LogP contribution in [0.2, 0.25) is 0 Å². The first kappa shape index (κ1) is 25.7. The van der Waals surface area contributed by atoms with Gasteiger partial charge in [-0.15, -0.1) is 0 Å². The molecule has 11 nitrogen and oxygen atoms in total. The molecule has 11 heteroatoms. The van der Waals surface area contributed by atoms with Gasteiger partial charge in [-0.05, 0) is 63.2 Å². The van der Waals surface area contributed by atoms with Crippen molar-refractivity contribution in [3.8, 4) is 34.0 Å². The molecular formula is C30H27N9O2. The highest BCUT2D eigenvalue weighted by atomic mass is 16.5. The number of H-pyrrole nitrogens is 1. The maximum atomic E-state index is 13.0. The maximum Gasteiger partial charge on any atom is 0.323 e. The van der Waals surface area contributed by atoms with Crippen LogP contribution in [0, 0.1) is 0 Å². The van der Waals surface area contributed by atoms with E-state index in [1.54, 1.807) is 55.1 Å². The van der Waals surface area contributed by atoms with Crippen LogP contribution in [-0.4, -0.2) is 41.0 Å². The smallest absolute Gasteiger partial charge is 0.323 e. The number of carbonyl (C=O) groups excluding carboxylic acids is 1. The quantitative estimate of drug-likeness (QED) is 0.218. The first-order chi connectivity index (χ1) is 19.8. The summed E-state index contributed by atoms with van der Waals surface area (Å²) in [5.41, 5.74) is 4.85. The van der Waals surface area contributed by atoms with E-state index in [1.807, 2.05) is 35.1 Å². The fraction of sp³-hybridized carbons (Fsp3) is 0.133. The van der Waals surface area contributed by atoms with E-state index >= 15 is 0 Å². The second-order valence-corrected chi connectivity index (χ2v) is 10.4. The molecule has 0 unspecified atom stereocenters. The van der Waals surface area contributed by atoms with Crippen molar-refractivity contribution in [1.29, 1.82) is 0 Å². The van der Waals surface area contributed by atoms with Crippen molar-refractivity contribution < 1.29 is 9.53 Å². The molecular weight excluding hydrogens is 518 g/mol. The van der Waals surface area contributed by atoms with E-state index in [-0.39, 0.29) is 5.54 Å². The minimum absolute atomic E-state index is 0.283. The first-order valence-corrected chi connectivity index (χ1v) is 12.9. The molecule has 0 atom stereocenters. The Balaban J connectivity index is 1.17. The van der Waals surface area contributed by atoms with E-state index in [4.69, 9.17) is 9.84 Å². The lowest BCUT2D eigenvalue weighted by molar-refractivity contribution is 0.262. The lowest BCUT2D eigenvalue weighted by atomic mass is 10.1. The molecule has 0 saturated heterocycles. The molecule has 3 N–H and O–H groups in total. The summed E-state index contributed by atoms with van der Waals surface area (Å²) in [5, 5.41) is 18.3. The fourth-order valence-electron chi connectivity index (χ4n) is 4.20. The summed E-state index contributed by atoms with van der Waals surface area (Å²) < 4.78 is 7.82. The standard InChI is InChI=1S/C30H27N9O2/c1-30(2,3)39-17-27(28(38-39)19-4-9-25-20(12-19)14-31-18-33-25)37-29(40)36-22-5-7-23(8-6-22)41-24-10-11-32-26(13-24)21-15-34-35-16-21/h4-18H,1-3H3,(H,34,35)(H2,36,37,40). The number of hydrogen-bond donors (Lipinski definition) is 3. The zero-order valence-corrected chi connectivity index (χ0v) is 22.7. The monoisotopic (exact) mass is 545 g/mol. The van der Waals surface area contributed by atoms with Gasteiger partial charge in [-0.3, -0.25) is 14.8 Å². The summed E-state index contributed by atoms with van der Waals surface area (Å²) in [6.07, 6.45) is 10.3. The van der Waals surface area contributed by atoms with Crippen molar-refractivity contribution in [2.75, 3.05) is 10.6 Å². The summed E-state index contributed by atoms with van der Waals surface area (Å²) in [6.45, 7) is 6.15. The number of ether oxygens (including phenoxy) is 1. The molecule has 0 bridgehead atoms. The van der Waals surface area contributed by atoms with E-state index < -0.39 is 6.03 Å². The third kappa shape index (κ3) is 5.74. The Labute approximate surface area is 235 Å². The minimum atomic E-state index is -0.392. The van der Waals surface area contributed by atoms with Crippen LogP contribution < -0.4 is 15.4 Å². The number of urea groups is 1. The topological polar surface area (TPSA) is 136 Å². The average Bonchev–Trinajstić information content (AvgIpc) is 3.65. The molecule has 0 spiro atoms. The number of aromatic amines is 1. The number of fused-ring (bicyclic) bond motifs is 1. The third-order valence-electron chi connectivity index (χ3n) is 6.30. The van der Waals surface area contributed by atoms with Crippen LogP contribution in [-0.2, 0) is 5.54 Å². The highest BCUT2D eigenvalue weighted by molar-refractivity contribution is 6.02. The third-order valence-corrected chi connectivity index (χ3v) is 6.30. The summed E-state index contributed by atoms with van der Waals surface area (Å²) in [7, 11) is 0. The fourth-order valence-corrected chi connectivity index (χ4v) is 4.20. The molecule has 0 fully saturated rings. The van der Waals surface area contributed by atoms with E-state index in [0.717, 1.165) is 27.7 Å². The second kappa shape index (κ2) is 10.5. The van der Waals surface area contributed by atoms with Crippen LogP contribution in [0.5, 0.6) is 11.5 Å². The number of aromatic nitrogens is 7. The van der Waals surface area contributed by atoms with Crippen molar-refractivity contribution in [1.82, 2.24) is 34.9 Å². The predicted molar refractivity (Wildman–Crippen MR) is 157 cm³/mol. The van der Waals surface area contributed by atoms with Gasteiger partial charge in [-0.1, -0.05) is 6.07 Å². The lowest BCUT2D eigenvalue weighted by Gasteiger charge is -2.18. The SMILES string of the molecule is CC(C)(C)n1cc(NC(=O)Nc2ccc(Oc3ccnc(-c4cn[nH]c4)c3)cc2)c(-c2ccc3ncncc3c2)n1. The zero-order valence-electron chi connectivity index (χ0n) is 22.7. The van der Waals surface area contributed by atoms with E-state index in [9.17, 15) is 4.79 Å². The highest BCUT2D eigenvalue weighted by Gasteiger charge is 2.21. The second-order valence-electron chi connectivity index (χ2n) is 10.4. The molecule has 0 aliphatic heterocycles. The summed E-state index contributed by atoms with van der Waals surface area (Å²) in [4.78, 5) is 25.8. The zero-order chi connectivity index (χ0) is 28.4. The first-order valence-electron chi connectivity index (χ1n) is 12.9. The van der Waals surface area contributed by atoms with Gasteiger partial charge < -0.3 is 15.4 Å². The van der Waals surface area contributed by atoms with Crippen LogP contribution in [0.4, 0.5) is 16.2 Å². The Hall–Kier alpha value is -5.58. The number of anilines is 2. The molecule has 0 saturated carbocycles. The van der Waals surface area contributed by atoms with Gasteiger partial charge in [0.2, 0.25) is 0 Å². The predicted octanol–water partition coefficient (Wildman–Crippen LogP) is 6.47. The number of amides is 2. The molecule has 2 amide bonds. The Morgan fingerprint density at radius 3 is 2.56 bits per heavy atom. The van der Waals surface area contributed by atoms with Gasteiger partial charge in [-0.25, -0.2) is 14.8 Å². The van der Waals surface area contributed by atoms with Crippen molar-refractivity contribution in [2.45, 2.75) is 26.3 Å². The van der Waals surface area contributed by atoms with Crippen molar-refractivity contribution in [2.24, 2.45) is 0 Å². The molecule has 0 aliphatic carbocycles. The molecule has 6 aromatic rings. The van der Waals surface area contributed by atoms with Gasteiger partial charge in [0.1, 0.15) is 23.5 Å². The molecule has 0 aliphatic rings. The highest BCUT2D eigenvalue weighted by Crippen LogP contribution is 2.31. The van der Waals surface area contributed by atoms with Gasteiger partial charge in [0, 0.05) is 53.1 Å². The number of benzene rings is 2. The van der Waals surface area contributed by atoms with Crippen molar-refractivity contribution >= 4 is 28.3 Å². The van der Waals surface area contributed by atoms with Crippen LogP contribution >= 0.6 is 0 Å². The number of rotatable bonds is 6. The number of nitrogens with one attached hydrogen (secondary N) is 3. The van der Waals surface area contributed by atoms with Crippen LogP contribution in [0.3, 0.4) is 0 Å². The van der Waals surface area contributed by atoms with Gasteiger partial charge >= 0.3 is 6.03 Å². The summed E-state index contributed by atoms with van der Waals surface area (Å²) in [6, 6.07) is 16.2. The summed E-state index contributed by atoms with van der Waals surface area (Å²) in [5.74, 6) is 1.26. The lowest BCUT2D eigenvalue weighted by Crippen LogP contribution is -2.22. The Morgan fingerprint density at radius 2 is 1.78 bits per heavy atom. The van der Waals surface area contributed by atoms with Crippen LogP contribution in [0.15, 0.2) is 91.9 Å². The summed E-state index contributed by atoms with van der Waals surface area (Å²) >= 11 is 0. The van der Waals surface area contributed by atoms with Gasteiger partial charge in [0.25, 0.3) is 0 Å². The number of pyridine rings is 1. The Bertz CT molecular complexity index is 1820. The Morgan fingerprint density at radius 1 is 0.927 bits per heavy atom. The number of carbonyl (C=O) groups is 1. The number of hydrogen-bond acceptors (Lipinski definition) is 7. The Kier molecular flexibility index (Phi) is 6.60. The van der Waals surface area contributed by atoms with Gasteiger partial charge in [0.05, 0.1) is 28.6 Å². The van der Waals surface area contributed by atoms with E-state index in [0.29, 0.717) is 28.6 Å². The van der Waals surface area contributed by atoms with Gasteiger partial charge in [0.15, 0.2) is 0 Å². The van der Waals surface area contributed by atoms with E-state index in [2.05, 4.69) is 56.6 Å². The molecule has 6 rings (SSSR count). The van der Waals surface area contributed by atoms with E-state index in [1.165, 1.54) is 6.33 Å². The minimum Gasteiger partial charge on any atom is -0.457 e. The molecule has 0 radical (unpaired) electrons. The van der Waals surface area contributed by atoms with Gasteiger partial charge in [-0.2, -0.15) is 10.2 Å². The normalized spacial score (nSPS) is 11.4. The molecule has 4 heterocycles. The molecule has 4 aromatic heterocycles. The van der Waals surface area contributed by atoms with Crippen molar-refractivity contribution in [3.05, 3.63) is 91.9 Å².